The zero-order chi connectivity index (χ0) is 10.9. The van der Waals surface area contributed by atoms with Crippen molar-refractivity contribution in [1.82, 2.24) is 10.6 Å². The highest BCUT2D eigenvalue weighted by Crippen LogP contribution is 1.98. The van der Waals surface area contributed by atoms with Gasteiger partial charge in [-0.05, 0) is 12.1 Å². The molecule has 1 aromatic heterocycles. The Bertz CT molecular complexity index is 278. The molecule has 0 radical (unpaired) electrons. The molecule has 1 heterocycles. The molecule has 0 saturated heterocycles. The molecule has 1 rings (SSSR count). The lowest BCUT2D eigenvalue weighted by Crippen LogP contribution is -2.32. The fourth-order valence-electron chi connectivity index (χ4n) is 1.06. The van der Waals surface area contributed by atoms with Gasteiger partial charge in [-0.1, -0.05) is 0 Å². The summed E-state index contributed by atoms with van der Waals surface area (Å²) in [5.74, 6) is 0.153. The maximum atomic E-state index is 11.3. The average Bonchev–Trinajstić information content (AvgIpc) is 2.76. The van der Waals surface area contributed by atoms with E-state index in [9.17, 15) is 4.79 Å². The molecule has 2 N–H and O–H groups in total. The number of ether oxygens (including phenoxy) is 1. The van der Waals surface area contributed by atoms with Crippen molar-refractivity contribution in [2.24, 2.45) is 0 Å². The van der Waals surface area contributed by atoms with Gasteiger partial charge in [-0.15, -0.1) is 12.4 Å². The summed E-state index contributed by atoms with van der Waals surface area (Å²) in [6.07, 6.45) is 1.48. The highest BCUT2D eigenvalue weighted by molar-refractivity contribution is 5.91. The molecule has 1 aromatic rings. The van der Waals surface area contributed by atoms with E-state index >= 15 is 0 Å². The van der Waals surface area contributed by atoms with E-state index in [4.69, 9.17) is 9.15 Å². The summed E-state index contributed by atoms with van der Waals surface area (Å²) in [4.78, 5) is 11.3. The number of hydrogen-bond acceptors (Lipinski definition) is 4. The molecular weight excluding hydrogens is 232 g/mol. The van der Waals surface area contributed by atoms with E-state index in [-0.39, 0.29) is 18.3 Å². The quantitative estimate of drug-likeness (QED) is 0.696. The number of amides is 1. The van der Waals surface area contributed by atoms with Crippen LogP contribution in [0.4, 0.5) is 0 Å². The van der Waals surface area contributed by atoms with Crippen LogP contribution in [0.1, 0.15) is 10.6 Å². The fourth-order valence-corrected chi connectivity index (χ4v) is 1.06. The van der Waals surface area contributed by atoms with Crippen molar-refractivity contribution in [1.29, 1.82) is 0 Å². The van der Waals surface area contributed by atoms with Crippen LogP contribution >= 0.6 is 12.4 Å². The van der Waals surface area contributed by atoms with Crippen LogP contribution in [0, 0.1) is 0 Å². The molecule has 5 nitrogen and oxygen atoms in total. The van der Waals surface area contributed by atoms with Crippen LogP contribution < -0.4 is 10.6 Å². The van der Waals surface area contributed by atoms with Crippen molar-refractivity contribution in [3.8, 4) is 0 Å². The van der Waals surface area contributed by atoms with Gasteiger partial charge in [0.1, 0.15) is 0 Å². The number of methoxy groups -OCH3 is 1. The zero-order valence-electron chi connectivity index (χ0n) is 9.19. The Morgan fingerprint density at radius 2 is 2.25 bits per heavy atom. The molecule has 1 amide bonds. The lowest BCUT2D eigenvalue weighted by Gasteiger charge is -2.04. The second kappa shape index (κ2) is 9.21. The van der Waals surface area contributed by atoms with Crippen molar-refractivity contribution < 1.29 is 13.9 Å². The molecule has 0 bridgehead atoms. The van der Waals surface area contributed by atoms with Gasteiger partial charge < -0.3 is 19.8 Å². The molecule has 0 aliphatic heterocycles. The minimum absolute atomic E-state index is 0. The van der Waals surface area contributed by atoms with Crippen LogP contribution in [0.25, 0.3) is 0 Å². The summed E-state index contributed by atoms with van der Waals surface area (Å²) in [5.41, 5.74) is 0. The van der Waals surface area contributed by atoms with Gasteiger partial charge >= 0.3 is 0 Å². The third-order valence-corrected chi connectivity index (χ3v) is 1.82. The summed E-state index contributed by atoms with van der Waals surface area (Å²) in [6.45, 7) is 2.75. The second-order valence-corrected chi connectivity index (χ2v) is 2.98. The molecule has 0 unspecified atom stereocenters. The summed E-state index contributed by atoms with van der Waals surface area (Å²) < 4.78 is 9.80. The number of carbonyl (C=O) groups excluding carboxylic acids is 1. The number of carbonyl (C=O) groups is 1. The monoisotopic (exact) mass is 248 g/mol. The first kappa shape index (κ1) is 15.0. The molecule has 92 valence electrons. The molecule has 0 saturated carbocycles. The normalized spacial score (nSPS) is 9.56. The smallest absolute Gasteiger partial charge is 0.287 e. The highest BCUT2D eigenvalue weighted by Gasteiger charge is 2.05. The minimum Gasteiger partial charge on any atom is -0.459 e. The Morgan fingerprint density at radius 1 is 1.44 bits per heavy atom. The lowest BCUT2D eigenvalue weighted by molar-refractivity contribution is 0.0926. The summed E-state index contributed by atoms with van der Waals surface area (Å²) in [7, 11) is 1.65. The van der Waals surface area contributed by atoms with Gasteiger partial charge in [-0.3, -0.25) is 4.79 Å². The van der Waals surface area contributed by atoms with E-state index in [1.54, 1.807) is 19.2 Å². The van der Waals surface area contributed by atoms with Crippen LogP contribution in [-0.2, 0) is 4.74 Å². The van der Waals surface area contributed by atoms with Gasteiger partial charge in [0.15, 0.2) is 5.76 Å². The lowest BCUT2D eigenvalue weighted by atomic mass is 10.4. The molecule has 0 fully saturated rings. The SMILES string of the molecule is COCCNCCNC(=O)c1ccco1.Cl. The van der Waals surface area contributed by atoms with Gasteiger partial charge in [0.2, 0.25) is 0 Å². The van der Waals surface area contributed by atoms with Crippen LogP contribution in [0.2, 0.25) is 0 Å². The number of rotatable bonds is 7. The van der Waals surface area contributed by atoms with E-state index in [1.807, 2.05) is 0 Å². The fraction of sp³-hybridized carbons (Fsp3) is 0.500. The Kier molecular flexibility index (Phi) is 8.61. The van der Waals surface area contributed by atoms with Gasteiger partial charge in [0.25, 0.3) is 5.91 Å². The Hall–Kier alpha value is -1.04. The largest absolute Gasteiger partial charge is 0.459 e. The van der Waals surface area contributed by atoms with Gasteiger partial charge in [-0.25, -0.2) is 0 Å². The van der Waals surface area contributed by atoms with Crippen molar-refractivity contribution in [2.75, 3.05) is 33.4 Å². The third-order valence-electron chi connectivity index (χ3n) is 1.82. The van der Waals surface area contributed by atoms with Gasteiger partial charge in [0.05, 0.1) is 12.9 Å². The van der Waals surface area contributed by atoms with Crippen LogP contribution in [-0.4, -0.2) is 39.3 Å². The second-order valence-electron chi connectivity index (χ2n) is 2.98. The number of halogens is 1. The highest BCUT2D eigenvalue weighted by atomic mass is 35.5. The zero-order valence-corrected chi connectivity index (χ0v) is 10.0. The van der Waals surface area contributed by atoms with Crippen LogP contribution in [0.3, 0.4) is 0 Å². The van der Waals surface area contributed by atoms with Gasteiger partial charge in [-0.2, -0.15) is 0 Å². The van der Waals surface area contributed by atoms with E-state index in [2.05, 4.69) is 10.6 Å². The number of nitrogens with one attached hydrogen (secondary N) is 2. The topological polar surface area (TPSA) is 63.5 Å². The molecular formula is C10H17ClN2O3. The minimum atomic E-state index is -0.187. The maximum absolute atomic E-state index is 11.3. The van der Waals surface area contributed by atoms with Crippen molar-refractivity contribution in [3.63, 3.8) is 0 Å². The van der Waals surface area contributed by atoms with Crippen LogP contribution in [0.5, 0.6) is 0 Å². The summed E-state index contributed by atoms with van der Waals surface area (Å²) in [6, 6.07) is 3.32. The molecule has 0 spiro atoms. The van der Waals surface area contributed by atoms with Crippen molar-refractivity contribution >= 4 is 18.3 Å². The van der Waals surface area contributed by atoms with Gasteiger partial charge in [0, 0.05) is 26.7 Å². The number of furan rings is 1. The van der Waals surface area contributed by atoms with E-state index < -0.39 is 0 Å². The van der Waals surface area contributed by atoms with Crippen LogP contribution in [0.15, 0.2) is 22.8 Å². The maximum Gasteiger partial charge on any atom is 0.287 e. The average molecular weight is 249 g/mol. The molecule has 0 atom stereocenters. The first-order valence-electron chi connectivity index (χ1n) is 4.86. The van der Waals surface area contributed by atoms with E-state index in [1.165, 1.54) is 6.26 Å². The summed E-state index contributed by atoms with van der Waals surface area (Å²) in [5, 5.41) is 5.84. The standard InChI is InChI=1S/C10H16N2O3.ClH/c1-14-8-6-11-4-5-12-10(13)9-3-2-7-15-9;/h2-3,7,11H,4-6,8H2,1H3,(H,12,13);1H. The van der Waals surface area contributed by atoms with Crippen molar-refractivity contribution in [2.45, 2.75) is 0 Å². The Labute approximate surface area is 101 Å². The molecule has 0 aliphatic rings. The molecule has 16 heavy (non-hydrogen) atoms. The first-order chi connectivity index (χ1) is 7.34. The first-order valence-corrected chi connectivity index (χ1v) is 4.86. The van der Waals surface area contributed by atoms with E-state index in [0.29, 0.717) is 18.9 Å². The van der Waals surface area contributed by atoms with E-state index in [0.717, 1.165) is 13.1 Å². The predicted octanol–water partition coefficient (Wildman–Crippen LogP) is 0.667. The van der Waals surface area contributed by atoms with Crippen molar-refractivity contribution in [3.05, 3.63) is 24.2 Å². The third kappa shape index (κ3) is 5.75. The Morgan fingerprint density at radius 3 is 2.88 bits per heavy atom. The molecule has 6 heteroatoms. The molecule has 0 aliphatic carbocycles. The summed E-state index contributed by atoms with van der Waals surface area (Å²) >= 11 is 0. The predicted molar refractivity (Wildman–Crippen MR) is 63.0 cm³/mol. The number of hydrogen-bond donors (Lipinski definition) is 2. The molecule has 0 aromatic carbocycles. The Balaban J connectivity index is 0.00000225.